The fourth-order valence-corrected chi connectivity index (χ4v) is 4.46. The minimum absolute atomic E-state index is 0.175. The summed E-state index contributed by atoms with van der Waals surface area (Å²) < 4.78 is 5.18. The Morgan fingerprint density at radius 3 is 2.59 bits per heavy atom. The summed E-state index contributed by atoms with van der Waals surface area (Å²) in [5, 5.41) is 5.57. The quantitative estimate of drug-likeness (QED) is 0.445. The van der Waals surface area contributed by atoms with Crippen molar-refractivity contribution in [2.75, 3.05) is 16.9 Å². The molecular weight excluding hydrogens is 444 g/mol. The van der Waals surface area contributed by atoms with Gasteiger partial charge in [0, 0.05) is 12.3 Å². The molecule has 1 aliphatic heterocycles. The van der Waals surface area contributed by atoms with E-state index >= 15 is 0 Å². The van der Waals surface area contributed by atoms with Crippen LogP contribution in [0, 0.1) is 6.92 Å². The Morgan fingerprint density at radius 1 is 1.22 bits per heavy atom. The Morgan fingerprint density at radius 2 is 1.94 bits per heavy atom. The van der Waals surface area contributed by atoms with Crippen LogP contribution in [0.2, 0.25) is 0 Å². The number of carbonyl (C=O) groups excluding carboxylic acids is 2. The van der Waals surface area contributed by atoms with Crippen LogP contribution < -0.4 is 19.9 Å². The predicted octanol–water partition coefficient (Wildman–Crippen LogP) is 4.41. The highest BCUT2D eigenvalue weighted by Gasteiger charge is 2.33. The van der Waals surface area contributed by atoms with E-state index in [1.165, 1.54) is 28.1 Å². The van der Waals surface area contributed by atoms with Crippen molar-refractivity contribution in [2.45, 2.75) is 13.8 Å². The summed E-state index contributed by atoms with van der Waals surface area (Å²) in [7, 11) is 1.59. The van der Waals surface area contributed by atoms with Gasteiger partial charge in [-0.2, -0.15) is 0 Å². The highest BCUT2D eigenvalue weighted by Crippen LogP contribution is 2.31. The lowest BCUT2D eigenvalue weighted by molar-refractivity contribution is -0.116. The number of thiocarbonyl (C=S) groups is 1. The average molecular weight is 465 g/mol. The van der Waals surface area contributed by atoms with E-state index in [1.807, 2.05) is 31.2 Å². The molecule has 0 unspecified atom stereocenters. The molecule has 7 nitrogen and oxygen atoms in total. The van der Waals surface area contributed by atoms with Gasteiger partial charge in [0.15, 0.2) is 10.2 Å². The number of carbonyl (C=O) groups is 2. The van der Waals surface area contributed by atoms with E-state index in [4.69, 9.17) is 17.0 Å². The van der Waals surface area contributed by atoms with E-state index in [0.29, 0.717) is 33.1 Å². The number of nitrogens with one attached hydrogen (secondary N) is 1. The van der Waals surface area contributed by atoms with Gasteiger partial charge in [-0.05, 0) is 61.1 Å². The Bertz CT molecular complexity index is 1230. The first-order valence-corrected chi connectivity index (χ1v) is 11.0. The van der Waals surface area contributed by atoms with Crippen LogP contribution in [-0.2, 0) is 9.59 Å². The van der Waals surface area contributed by atoms with Crippen LogP contribution in [0.5, 0.6) is 5.75 Å². The Labute approximate surface area is 194 Å². The number of aromatic nitrogens is 1. The van der Waals surface area contributed by atoms with Crippen LogP contribution in [0.25, 0.3) is 6.08 Å². The van der Waals surface area contributed by atoms with Gasteiger partial charge in [0.05, 0.1) is 24.2 Å². The molecule has 162 valence electrons. The van der Waals surface area contributed by atoms with Crippen LogP contribution >= 0.6 is 23.6 Å². The summed E-state index contributed by atoms with van der Waals surface area (Å²) in [5.74, 6) is 0.268. The molecule has 3 aromatic rings. The number of amides is 2. The molecule has 0 aliphatic carbocycles. The number of methoxy groups -OCH3 is 1. The zero-order valence-electron chi connectivity index (χ0n) is 17.7. The summed E-state index contributed by atoms with van der Waals surface area (Å²) in [4.78, 5) is 32.9. The third-order valence-corrected chi connectivity index (χ3v) is 6.00. The molecular formula is C23H20N4O3S2. The number of anilines is 3. The fraction of sp³-hybridized carbons (Fsp3) is 0.130. The van der Waals surface area contributed by atoms with E-state index in [0.717, 1.165) is 11.3 Å². The smallest absolute Gasteiger partial charge is 0.281 e. The largest absolute Gasteiger partial charge is 0.497 e. The number of ether oxygens (including phenoxy) is 1. The van der Waals surface area contributed by atoms with Crippen molar-refractivity contribution in [1.82, 2.24) is 10.3 Å². The molecule has 0 radical (unpaired) electrons. The zero-order valence-corrected chi connectivity index (χ0v) is 19.3. The van der Waals surface area contributed by atoms with Crippen LogP contribution in [0.3, 0.4) is 0 Å². The van der Waals surface area contributed by atoms with Gasteiger partial charge in [-0.1, -0.05) is 18.2 Å². The summed E-state index contributed by atoms with van der Waals surface area (Å²) in [6, 6.07) is 14.7. The Balaban J connectivity index is 1.61. The molecule has 0 bridgehead atoms. The van der Waals surface area contributed by atoms with E-state index in [9.17, 15) is 9.59 Å². The maximum Gasteiger partial charge on any atom is 0.281 e. The number of benzene rings is 2. The van der Waals surface area contributed by atoms with Gasteiger partial charge in [-0.15, -0.1) is 11.3 Å². The summed E-state index contributed by atoms with van der Waals surface area (Å²) >= 11 is 6.70. The third kappa shape index (κ3) is 4.12. The summed E-state index contributed by atoms with van der Waals surface area (Å²) in [6.45, 7) is 3.40. The second-order valence-corrected chi connectivity index (χ2v) is 8.25. The molecule has 1 aromatic heterocycles. The molecule has 1 N–H and O–H groups in total. The molecule has 1 fully saturated rings. The molecule has 1 saturated heterocycles. The van der Waals surface area contributed by atoms with Crippen LogP contribution in [0.15, 0.2) is 59.6 Å². The third-order valence-electron chi connectivity index (χ3n) is 4.87. The Hall–Kier alpha value is -3.56. The standard InChI is InChI=1S/C23H20N4O3S2/c1-14-6-4-5-7-20(14)27-21(29)19(25-22(27)31)12-16-13-32-23(24-16)26(15(2)28)17-8-10-18(30-3)11-9-17/h4-13H,1-3H3,(H,25,31)/b19-12-. The predicted molar refractivity (Wildman–Crippen MR) is 130 cm³/mol. The molecule has 2 amide bonds. The van der Waals surface area contributed by atoms with Crippen LogP contribution in [0.1, 0.15) is 18.2 Å². The molecule has 2 aromatic carbocycles. The van der Waals surface area contributed by atoms with Crippen molar-refractivity contribution in [3.63, 3.8) is 0 Å². The highest BCUT2D eigenvalue weighted by atomic mass is 32.1. The number of rotatable bonds is 5. The van der Waals surface area contributed by atoms with Crippen molar-refractivity contribution < 1.29 is 14.3 Å². The van der Waals surface area contributed by atoms with Crippen molar-refractivity contribution in [2.24, 2.45) is 0 Å². The van der Waals surface area contributed by atoms with E-state index < -0.39 is 0 Å². The molecule has 0 spiro atoms. The first-order valence-electron chi connectivity index (χ1n) is 9.72. The minimum atomic E-state index is -0.252. The molecule has 0 atom stereocenters. The fourth-order valence-electron chi connectivity index (χ4n) is 3.32. The average Bonchev–Trinajstić information content (AvgIpc) is 3.33. The summed E-state index contributed by atoms with van der Waals surface area (Å²) in [5.41, 5.74) is 3.23. The number of para-hydroxylation sites is 1. The lowest BCUT2D eigenvalue weighted by Crippen LogP contribution is -2.30. The number of aryl methyl sites for hydroxylation is 1. The first-order chi connectivity index (χ1) is 15.4. The molecule has 4 rings (SSSR count). The zero-order chi connectivity index (χ0) is 22.8. The lowest BCUT2D eigenvalue weighted by atomic mass is 10.2. The van der Waals surface area contributed by atoms with Gasteiger partial charge in [0.2, 0.25) is 5.91 Å². The lowest BCUT2D eigenvalue weighted by Gasteiger charge is -2.18. The number of hydrogen-bond acceptors (Lipinski definition) is 6. The molecule has 9 heteroatoms. The number of hydrogen-bond donors (Lipinski definition) is 1. The van der Waals surface area contributed by atoms with Gasteiger partial charge in [-0.3, -0.25) is 19.4 Å². The minimum Gasteiger partial charge on any atom is -0.497 e. The highest BCUT2D eigenvalue weighted by molar-refractivity contribution is 7.80. The number of nitrogens with zero attached hydrogens (tertiary/aromatic N) is 3. The monoisotopic (exact) mass is 464 g/mol. The second kappa shape index (κ2) is 8.89. The van der Waals surface area contributed by atoms with E-state index in [2.05, 4.69) is 10.3 Å². The van der Waals surface area contributed by atoms with E-state index in [-0.39, 0.29) is 11.8 Å². The maximum atomic E-state index is 13.0. The maximum absolute atomic E-state index is 13.0. The first kappa shape index (κ1) is 21.7. The van der Waals surface area contributed by atoms with Gasteiger partial charge in [0.25, 0.3) is 5.91 Å². The van der Waals surface area contributed by atoms with Crippen molar-refractivity contribution in [3.8, 4) is 5.75 Å². The van der Waals surface area contributed by atoms with Gasteiger partial charge >= 0.3 is 0 Å². The summed E-state index contributed by atoms with van der Waals surface area (Å²) in [6.07, 6.45) is 1.64. The molecule has 32 heavy (non-hydrogen) atoms. The SMILES string of the molecule is COc1ccc(N(C(C)=O)c2nc(/C=C3\NC(=S)N(c4ccccc4C)C3=O)cs2)cc1. The van der Waals surface area contributed by atoms with Crippen molar-refractivity contribution >= 4 is 63.1 Å². The van der Waals surface area contributed by atoms with Crippen molar-refractivity contribution in [1.29, 1.82) is 0 Å². The van der Waals surface area contributed by atoms with Crippen LogP contribution in [0.4, 0.5) is 16.5 Å². The molecule has 0 saturated carbocycles. The van der Waals surface area contributed by atoms with E-state index in [1.54, 1.807) is 42.8 Å². The molecule has 1 aliphatic rings. The van der Waals surface area contributed by atoms with Gasteiger partial charge in [-0.25, -0.2) is 4.98 Å². The molecule has 2 heterocycles. The second-order valence-electron chi connectivity index (χ2n) is 7.02. The van der Waals surface area contributed by atoms with Gasteiger partial charge < -0.3 is 10.1 Å². The topological polar surface area (TPSA) is 74.8 Å². The normalized spacial score (nSPS) is 14.6. The van der Waals surface area contributed by atoms with Crippen LogP contribution in [-0.4, -0.2) is 29.0 Å². The van der Waals surface area contributed by atoms with Gasteiger partial charge in [0.1, 0.15) is 11.4 Å². The number of thiazole rings is 1. The van der Waals surface area contributed by atoms with Crippen molar-refractivity contribution in [3.05, 3.63) is 70.9 Å². The Kier molecular flexibility index (Phi) is 6.02.